The Balaban J connectivity index is 3.06. The molecule has 0 saturated carbocycles. The average Bonchev–Trinajstić information content (AvgIpc) is 2.44. The molecule has 0 bridgehead atoms. The zero-order valence-corrected chi connectivity index (χ0v) is 14.2. The highest BCUT2D eigenvalue weighted by Gasteiger charge is 2.25. The molecule has 1 aromatic rings. The summed E-state index contributed by atoms with van der Waals surface area (Å²) in [5.41, 5.74) is 0.0138. The van der Waals surface area contributed by atoms with Crippen molar-refractivity contribution in [3.8, 4) is 6.01 Å². The number of nitrogens with one attached hydrogen (secondary N) is 2. The van der Waals surface area contributed by atoms with Crippen molar-refractivity contribution in [2.24, 2.45) is 0 Å². The van der Waals surface area contributed by atoms with Crippen LogP contribution in [0.5, 0.6) is 6.01 Å². The molecule has 6 heteroatoms. The molecule has 0 amide bonds. The quantitative estimate of drug-likeness (QED) is 0.727. The maximum Gasteiger partial charge on any atom is 0.323 e. The first-order valence-electron chi connectivity index (χ1n) is 7.93. The van der Waals surface area contributed by atoms with Crippen molar-refractivity contribution < 1.29 is 4.74 Å². The third-order valence-electron chi connectivity index (χ3n) is 3.70. The summed E-state index contributed by atoms with van der Waals surface area (Å²) in [6.07, 6.45) is 3.08. The Labute approximate surface area is 128 Å². The number of aromatic nitrogens is 3. The van der Waals surface area contributed by atoms with Crippen LogP contribution in [0.1, 0.15) is 60.8 Å². The molecule has 21 heavy (non-hydrogen) atoms. The van der Waals surface area contributed by atoms with Crippen molar-refractivity contribution in [3.63, 3.8) is 0 Å². The van der Waals surface area contributed by atoms with E-state index in [1.54, 1.807) is 0 Å². The van der Waals surface area contributed by atoms with E-state index in [4.69, 9.17) is 4.74 Å². The summed E-state index contributed by atoms with van der Waals surface area (Å²) in [5.74, 6) is 1.12. The van der Waals surface area contributed by atoms with Gasteiger partial charge in [-0.1, -0.05) is 20.8 Å². The minimum Gasteiger partial charge on any atom is -0.461 e. The van der Waals surface area contributed by atoms with Crippen molar-refractivity contribution >= 4 is 11.9 Å². The van der Waals surface area contributed by atoms with Gasteiger partial charge in [-0.25, -0.2) is 0 Å². The summed E-state index contributed by atoms with van der Waals surface area (Å²) in [6, 6.07) is 0.357. The molecule has 0 aliphatic carbocycles. The molecule has 0 atom stereocenters. The van der Waals surface area contributed by atoms with Gasteiger partial charge < -0.3 is 15.4 Å². The number of hydrogen-bond acceptors (Lipinski definition) is 6. The van der Waals surface area contributed by atoms with Gasteiger partial charge >= 0.3 is 6.01 Å². The van der Waals surface area contributed by atoms with Gasteiger partial charge in [-0.2, -0.15) is 15.0 Å². The molecule has 0 radical (unpaired) electrons. The second-order valence-corrected chi connectivity index (χ2v) is 5.43. The Kier molecular flexibility index (Phi) is 6.65. The van der Waals surface area contributed by atoms with Crippen LogP contribution in [-0.4, -0.2) is 33.1 Å². The van der Waals surface area contributed by atoms with Crippen molar-refractivity contribution in [1.82, 2.24) is 15.0 Å². The third-order valence-corrected chi connectivity index (χ3v) is 3.70. The monoisotopic (exact) mass is 295 g/mol. The molecule has 0 aliphatic rings. The Hall–Kier alpha value is -1.59. The molecular formula is C15H29N5O. The van der Waals surface area contributed by atoms with E-state index in [1.807, 2.05) is 20.8 Å². The van der Waals surface area contributed by atoms with Gasteiger partial charge in [0, 0.05) is 12.1 Å². The number of rotatable bonds is 9. The standard InChI is InChI=1S/C15H29N5O/c1-7-15(8-2,9-3)20-13-17-12(16-10-4)18-14(19-13)21-11(5)6/h11H,7-10H2,1-6H3,(H2,16,17,18,19,20). The van der Waals surface area contributed by atoms with E-state index in [1.165, 1.54) is 0 Å². The number of ether oxygens (including phenoxy) is 1. The lowest BCUT2D eigenvalue weighted by atomic mass is 9.90. The van der Waals surface area contributed by atoms with Gasteiger partial charge in [0.25, 0.3) is 0 Å². The molecule has 0 spiro atoms. The van der Waals surface area contributed by atoms with E-state index in [0.717, 1.165) is 25.8 Å². The van der Waals surface area contributed by atoms with Gasteiger partial charge in [0.05, 0.1) is 6.10 Å². The third kappa shape index (κ3) is 5.02. The maximum absolute atomic E-state index is 5.62. The van der Waals surface area contributed by atoms with Crippen LogP contribution in [-0.2, 0) is 0 Å². The summed E-state index contributed by atoms with van der Waals surface area (Å²) in [5, 5.41) is 6.59. The van der Waals surface area contributed by atoms with E-state index in [9.17, 15) is 0 Å². The van der Waals surface area contributed by atoms with Crippen LogP contribution in [0.4, 0.5) is 11.9 Å². The second-order valence-electron chi connectivity index (χ2n) is 5.43. The highest BCUT2D eigenvalue weighted by atomic mass is 16.5. The van der Waals surface area contributed by atoms with Crippen molar-refractivity contribution in [3.05, 3.63) is 0 Å². The summed E-state index contributed by atoms with van der Waals surface area (Å²) in [7, 11) is 0. The topological polar surface area (TPSA) is 72.0 Å². The van der Waals surface area contributed by atoms with Crippen LogP contribution in [0.2, 0.25) is 0 Å². The first-order chi connectivity index (χ1) is 9.98. The maximum atomic E-state index is 5.62. The fourth-order valence-corrected chi connectivity index (χ4v) is 2.17. The summed E-state index contributed by atoms with van der Waals surface area (Å²) in [6.45, 7) is 13.2. The van der Waals surface area contributed by atoms with E-state index < -0.39 is 0 Å². The van der Waals surface area contributed by atoms with Crippen LogP contribution < -0.4 is 15.4 Å². The molecule has 1 heterocycles. The fraction of sp³-hybridized carbons (Fsp3) is 0.800. The van der Waals surface area contributed by atoms with Gasteiger partial charge in [-0.15, -0.1) is 0 Å². The highest BCUT2D eigenvalue weighted by molar-refractivity contribution is 5.38. The lowest BCUT2D eigenvalue weighted by molar-refractivity contribution is 0.222. The van der Waals surface area contributed by atoms with Gasteiger partial charge in [0.1, 0.15) is 0 Å². The first-order valence-corrected chi connectivity index (χ1v) is 7.93. The summed E-state index contributed by atoms with van der Waals surface area (Å²) < 4.78 is 5.62. The van der Waals surface area contributed by atoms with Crippen molar-refractivity contribution in [1.29, 1.82) is 0 Å². The highest BCUT2D eigenvalue weighted by Crippen LogP contribution is 2.25. The number of nitrogens with zero attached hydrogens (tertiary/aromatic N) is 3. The Bertz CT molecular complexity index is 424. The molecular weight excluding hydrogens is 266 g/mol. The fourth-order valence-electron chi connectivity index (χ4n) is 2.17. The van der Waals surface area contributed by atoms with Crippen molar-refractivity contribution in [2.75, 3.05) is 17.2 Å². The molecule has 6 nitrogen and oxygen atoms in total. The van der Waals surface area contributed by atoms with E-state index in [0.29, 0.717) is 17.9 Å². The normalized spacial score (nSPS) is 11.6. The minimum absolute atomic E-state index is 0.0138. The predicted octanol–water partition coefficient (Wildman–Crippen LogP) is 3.47. The Morgan fingerprint density at radius 3 is 2.00 bits per heavy atom. The molecule has 1 aromatic heterocycles. The Morgan fingerprint density at radius 2 is 1.52 bits per heavy atom. The SMILES string of the molecule is CCNc1nc(NC(CC)(CC)CC)nc(OC(C)C)n1. The molecule has 2 N–H and O–H groups in total. The molecule has 0 aromatic carbocycles. The first kappa shape index (κ1) is 17.5. The molecule has 0 fully saturated rings. The predicted molar refractivity (Wildman–Crippen MR) is 87.0 cm³/mol. The van der Waals surface area contributed by atoms with Crippen LogP contribution in [0, 0.1) is 0 Å². The molecule has 1 rings (SSSR count). The zero-order valence-electron chi connectivity index (χ0n) is 14.2. The van der Waals surface area contributed by atoms with Crippen LogP contribution in [0.25, 0.3) is 0 Å². The van der Waals surface area contributed by atoms with Gasteiger partial charge in [0.2, 0.25) is 11.9 Å². The van der Waals surface area contributed by atoms with E-state index >= 15 is 0 Å². The summed E-state index contributed by atoms with van der Waals surface area (Å²) >= 11 is 0. The van der Waals surface area contributed by atoms with Crippen molar-refractivity contribution in [2.45, 2.75) is 72.4 Å². The van der Waals surface area contributed by atoms with E-state index in [2.05, 4.69) is 46.4 Å². The molecule has 0 unspecified atom stereocenters. The van der Waals surface area contributed by atoms with Gasteiger partial charge in [-0.05, 0) is 40.0 Å². The number of anilines is 2. The van der Waals surface area contributed by atoms with E-state index in [-0.39, 0.29) is 11.6 Å². The summed E-state index contributed by atoms with van der Waals surface area (Å²) in [4.78, 5) is 13.1. The molecule has 0 aliphatic heterocycles. The zero-order chi connectivity index (χ0) is 15.9. The number of hydrogen-bond donors (Lipinski definition) is 2. The Morgan fingerprint density at radius 1 is 0.952 bits per heavy atom. The average molecular weight is 295 g/mol. The minimum atomic E-state index is 0.0138. The largest absolute Gasteiger partial charge is 0.461 e. The second kappa shape index (κ2) is 8.00. The smallest absolute Gasteiger partial charge is 0.323 e. The lowest BCUT2D eigenvalue weighted by Gasteiger charge is -2.31. The van der Waals surface area contributed by atoms with Crippen LogP contribution in [0.15, 0.2) is 0 Å². The van der Waals surface area contributed by atoms with Crippen LogP contribution in [0.3, 0.4) is 0 Å². The molecule has 0 saturated heterocycles. The van der Waals surface area contributed by atoms with Crippen LogP contribution >= 0.6 is 0 Å². The van der Waals surface area contributed by atoms with Gasteiger partial charge in [-0.3, -0.25) is 0 Å². The molecule has 120 valence electrons. The lowest BCUT2D eigenvalue weighted by Crippen LogP contribution is -2.37. The van der Waals surface area contributed by atoms with Gasteiger partial charge in [0.15, 0.2) is 0 Å².